The quantitative estimate of drug-likeness (QED) is 0.580. The second kappa shape index (κ2) is 2.26. The van der Waals surface area contributed by atoms with E-state index in [9.17, 15) is 4.79 Å². The zero-order valence-electron chi connectivity index (χ0n) is 4.74. The molecule has 1 amide bonds. The minimum atomic E-state index is -0.442. The van der Waals surface area contributed by atoms with E-state index in [1.165, 1.54) is 6.20 Å². The highest BCUT2D eigenvalue weighted by atomic mass is 16.3. The predicted octanol–water partition coefficient (Wildman–Crippen LogP) is 0.181. The van der Waals surface area contributed by atoms with Crippen LogP contribution in [-0.2, 0) is 0 Å². The minimum absolute atomic E-state index is 0.442. The molecule has 9 heavy (non-hydrogen) atoms. The largest absolute Gasteiger partial charge is 0.366 e. The fraction of sp³-hybridized carbons (Fsp3) is 0. The lowest BCUT2D eigenvalue weighted by molar-refractivity contribution is 0.1000. The Bertz CT molecular complexity index is 208. The first-order valence-electron chi connectivity index (χ1n) is 2.50. The standard InChI is InChI=1S/C6H6N2O/c7-6(9)5-2-1-3-8-4-5/h1-4H,(H2,7,9)/i6+2. The first kappa shape index (κ1) is 5.75. The summed E-state index contributed by atoms with van der Waals surface area (Å²) < 4.78 is 0. The van der Waals surface area contributed by atoms with E-state index in [1.54, 1.807) is 18.3 Å². The number of carbonyl (C=O) groups excluding carboxylic acids is 1. The third-order valence-corrected chi connectivity index (χ3v) is 0.946. The van der Waals surface area contributed by atoms with Gasteiger partial charge in [0.1, 0.15) is 0 Å². The SMILES string of the molecule is N[14C](=O)c1cccnc1. The average Bonchev–Trinajstić information content (AvgIpc) is 1.90. The van der Waals surface area contributed by atoms with Gasteiger partial charge in [-0.3, -0.25) is 9.78 Å². The average molecular weight is 124 g/mol. The summed E-state index contributed by atoms with van der Waals surface area (Å²) in [5.41, 5.74) is 5.38. The van der Waals surface area contributed by atoms with Crippen molar-refractivity contribution < 1.29 is 4.79 Å². The van der Waals surface area contributed by atoms with Gasteiger partial charge in [-0.25, -0.2) is 0 Å². The van der Waals surface area contributed by atoms with Crippen LogP contribution < -0.4 is 5.73 Å². The van der Waals surface area contributed by atoms with Gasteiger partial charge in [0.15, 0.2) is 0 Å². The Hall–Kier alpha value is -1.38. The van der Waals surface area contributed by atoms with Crippen molar-refractivity contribution in [1.82, 2.24) is 4.98 Å². The predicted molar refractivity (Wildman–Crippen MR) is 32.8 cm³/mol. The Morgan fingerprint density at radius 1 is 1.67 bits per heavy atom. The molecule has 0 aliphatic carbocycles. The molecule has 1 aromatic rings. The zero-order valence-corrected chi connectivity index (χ0v) is 4.74. The molecule has 3 nitrogen and oxygen atoms in total. The van der Waals surface area contributed by atoms with Gasteiger partial charge in [-0.05, 0) is 12.1 Å². The molecule has 46 valence electrons. The maximum absolute atomic E-state index is 10.4. The van der Waals surface area contributed by atoms with Crippen molar-refractivity contribution in [3.63, 3.8) is 0 Å². The molecule has 2 N–H and O–H groups in total. The molecule has 0 radical (unpaired) electrons. The summed E-state index contributed by atoms with van der Waals surface area (Å²) in [6.07, 6.45) is 3.02. The number of rotatable bonds is 1. The second-order valence-corrected chi connectivity index (χ2v) is 1.61. The van der Waals surface area contributed by atoms with Crippen molar-refractivity contribution >= 4 is 5.91 Å². The van der Waals surface area contributed by atoms with Crippen LogP contribution in [0, 0.1) is 0 Å². The van der Waals surface area contributed by atoms with Gasteiger partial charge in [0.05, 0.1) is 5.56 Å². The molecular formula is C6H6N2O. The van der Waals surface area contributed by atoms with Crippen LogP contribution in [0.2, 0.25) is 0 Å². The van der Waals surface area contributed by atoms with Crippen LogP contribution in [0.4, 0.5) is 0 Å². The number of pyridine rings is 1. The summed E-state index contributed by atoms with van der Waals surface area (Å²) in [6.45, 7) is 0. The monoisotopic (exact) mass is 124 g/mol. The second-order valence-electron chi connectivity index (χ2n) is 1.61. The molecule has 0 atom stereocenters. The van der Waals surface area contributed by atoms with Crippen molar-refractivity contribution in [1.29, 1.82) is 0 Å². The van der Waals surface area contributed by atoms with E-state index in [0.717, 1.165) is 0 Å². The van der Waals surface area contributed by atoms with Gasteiger partial charge >= 0.3 is 0 Å². The lowest BCUT2D eigenvalue weighted by atomic mass is 10.4. The summed E-state index contributed by atoms with van der Waals surface area (Å²) in [5.74, 6) is -0.442. The van der Waals surface area contributed by atoms with Crippen LogP contribution >= 0.6 is 0 Å². The van der Waals surface area contributed by atoms with Gasteiger partial charge in [-0.2, -0.15) is 0 Å². The van der Waals surface area contributed by atoms with Gasteiger partial charge in [-0.1, -0.05) is 0 Å². The molecule has 0 saturated heterocycles. The van der Waals surface area contributed by atoms with Crippen LogP contribution in [-0.4, -0.2) is 10.9 Å². The number of nitrogens with two attached hydrogens (primary N) is 1. The van der Waals surface area contributed by atoms with Crippen LogP contribution in [0.3, 0.4) is 0 Å². The van der Waals surface area contributed by atoms with E-state index in [-0.39, 0.29) is 0 Å². The van der Waals surface area contributed by atoms with Crippen LogP contribution in [0.5, 0.6) is 0 Å². The van der Waals surface area contributed by atoms with E-state index in [4.69, 9.17) is 5.73 Å². The van der Waals surface area contributed by atoms with E-state index in [2.05, 4.69) is 4.98 Å². The smallest absolute Gasteiger partial charge is 0.250 e. The third kappa shape index (κ3) is 1.25. The summed E-state index contributed by atoms with van der Waals surface area (Å²) in [7, 11) is 0. The molecule has 0 aliphatic rings. The molecule has 0 bridgehead atoms. The van der Waals surface area contributed by atoms with E-state index < -0.39 is 5.91 Å². The Morgan fingerprint density at radius 3 is 2.78 bits per heavy atom. The first-order chi connectivity index (χ1) is 4.30. The van der Waals surface area contributed by atoms with Crippen molar-refractivity contribution in [2.75, 3.05) is 0 Å². The van der Waals surface area contributed by atoms with Crippen LogP contribution in [0.25, 0.3) is 0 Å². The number of hydrogen-bond acceptors (Lipinski definition) is 2. The van der Waals surface area contributed by atoms with Gasteiger partial charge in [0.25, 0.3) is 0 Å². The molecule has 0 unspecified atom stereocenters. The Balaban J connectivity index is 2.98. The summed E-state index contributed by atoms with van der Waals surface area (Å²) in [6, 6.07) is 3.29. The molecule has 0 aromatic carbocycles. The normalized spacial score (nSPS) is 8.89. The number of nitrogens with zero attached hydrogens (tertiary/aromatic N) is 1. The molecule has 3 heteroatoms. The van der Waals surface area contributed by atoms with Gasteiger partial charge in [0.2, 0.25) is 5.91 Å². The number of hydrogen-bond donors (Lipinski definition) is 1. The molecule has 1 aromatic heterocycles. The Labute approximate surface area is 52.5 Å². The number of carbonyl (C=O) groups is 1. The zero-order chi connectivity index (χ0) is 6.69. The molecule has 1 heterocycles. The highest BCUT2D eigenvalue weighted by Crippen LogP contribution is 1.91. The third-order valence-electron chi connectivity index (χ3n) is 0.946. The van der Waals surface area contributed by atoms with Gasteiger partial charge in [-0.15, -0.1) is 0 Å². The first-order valence-corrected chi connectivity index (χ1v) is 2.50. The fourth-order valence-corrected chi connectivity index (χ4v) is 0.509. The van der Waals surface area contributed by atoms with Crippen molar-refractivity contribution in [2.45, 2.75) is 0 Å². The van der Waals surface area contributed by atoms with Crippen LogP contribution in [0.15, 0.2) is 24.5 Å². The molecule has 0 fully saturated rings. The van der Waals surface area contributed by atoms with E-state index >= 15 is 0 Å². The lowest BCUT2D eigenvalue weighted by Crippen LogP contribution is -2.10. The van der Waals surface area contributed by atoms with Gasteiger partial charge < -0.3 is 5.73 Å². The highest BCUT2D eigenvalue weighted by Gasteiger charge is 1.94. The number of amides is 1. The van der Waals surface area contributed by atoms with Gasteiger partial charge in [0, 0.05) is 12.4 Å². The molecule has 1 rings (SSSR count). The number of primary amides is 1. The van der Waals surface area contributed by atoms with E-state index in [0.29, 0.717) is 5.56 Å². The topological polar surface area (TPSA) is 56.0 Å². The fourth-order valence-electron chi connectivity index (χ4n) is 0.509. The maximum atomic E-state index is 10.4. The van der Waals surface area contributed by atoms with Crippen molar-refractivity contribution in [3.8, 4) is 0 Å². The Morgan fingerprint density at radius 2 is 2.44 bits per heavy atom. The molecule has 0 spiro atoms. The lowest BCUT2D eigenvalue weighted by Gasteiger charge is -1.88. The molecular weight excluding hydrogens is 118 g/mol. The van der Waals surface area contributed by atoms with Crippen molar-refractivity contribution in [2.24, 2.45) is 5.73 Å². The summed E-state index contributed by atoms with van der Waals surface area (Å²) >= 11 is 0. The van der Waals surface area contributed by atoms with E-state index in [1.807, 2.05) is 0 Å². The Kier molecular flexibility index (Phi) is 1.44. The summed E-state index contributed by atoms with van der Waals surface area (Å²) in [4.78, 5) is 14.1. The minimum Gasteiger partial charge on any atom is -0.366 e. The summed E-state index contributed by atoms with van der Waals surface area (Å²) in [5, 5.41) is 0. The number of aromatic nitrogens is 1. The van der Waals surface area contributed by atoms with Crippen LogP contribution in [0.1, 0.15) is 10.4 Å². The molecule has 0 saturated carbocycles. The maximum Gasteiger partial charge on any atom is 0.250 e. The highest BCUT2D eigenvalue weighted by molar-refractivity contribution is 5.92. The van der Waals surface area contributed by atoms with Crippen molar-refractivity contribution in [3.05, 3.63) is 30.1 Å². The molecule has 0 aliphatic heterocycles.